The normalized spacial score (nSPS) is 14.3. The Morgan fingerprint density at radius 1 is 0.338 bits per heavy atom. The van der Waals surface area contributed by atoms with Crippen LogP contribution in [-0.4, -0.2) is 0 Å². The van der Waals surface area contributed by atoms with Gasteiger partial charge in [-0.05, 0) is 165 Å². The zero-order valence-electron chi connectivity index (χ0n) is 39.8. The molecule has 11 aromatic carbocycles. The summed E-state index contributed by atoms with van der Waals surface area (Å²) in [5.41, 5.74) is 28.6. The van der Waals surface area contributed by atoms with Crippen molar-refractivity contribution in [1.29, 1.82) is 0 Å². The van der Waals surface area contributed by atoms with Crippen molar-refractivity contribution in [1.82, 2.24) is 0 Å². The molecule has 2 heterocycles. The Morgan fingerprint density at radius 2 is 0.746 bits per heavy atom. The van der Waals surface area contributed by atoms with Crippen molar-refractivity contribution in [3.05, 3.63) is 269 Å². The Hall–Kier alpha value is -8.72. The molecule has 2 heteroatoms. The highest BCUT2D eigenvalue weighted by molar-refractivity contribution is 6.25. The lowest BCUT2D eigenvalue weighted by molar-refractivity contribution is 0.662. The predicted octanol–water partition coefficient (Wildman–Crippen LogP) is 18.4. The van der Waals surface area contributed by atoms with Gasteiger partial charge in [0.25, 0.3) is 0 Å². The van der Waals surface area contributed by atoms with Gasteiger partial charge >= 0.3 is 0 Å². The number of benzene rings is 11. The van der Waals surface area contributed by atoms with Crippen molar-refractivity contribution in [2.75, 3.05) is 9.80 Å². The fourth-order valence-electron chi connectivity index (χ4n) is 13.3. The Labute approximate surface area is 415 Å². The van der Waals surface area contributed by atoms with Crippen LogP contribution in [0.1, 0.15) is 58.4 Å². The van der Waals surface area contributed by atoms with Gasteiger partial charge in [0.2, 0.25) is 0 Å². The van der Waals surface area contributed by atoms with Gasteiger partial charge in [-0.3, -0.25) is 0 Å². The molecule has 0 spiro atoms. The molecule has 0 unspecified atom stereocenters. The number of hydrogen-bond donors (Lipinski definition) is 0. The molecular formula is C69H48N2. The summed E-state index contributed by atoms with van der Waals surface area (Å²) in [6, 6.07) is 82.2. The van der Waals surface area contributed by atoms with Crippen LogP contribution in [-0.2, 0) is 18.3 Å². The van der Waals surface area contributed by atoms with Gasteiger partial charge in [0.05, 0.1) is 0 Å². The second-order valence-electron chi connectivity index (χ2n) is 20.4. The lowest BCUT2D eigenvalue weighted by atomic mass is 9.76. The van der Waals surface area contributed by atoms with Gasteiger partial charge in [-0.2, -0.15) is 0 Å². The molecule has 11 aromatic rings. The molecule has 0 saturated heterocycles. The van der Waals surface area contributed by atoms with Crippen LogP contribution in [0.3, 0.4) is 0 Å². The largest absolute Gasteiger partial charge is 0.310 e. The smallest absolute Gasteiger partial charge is 0.0497 e. The predicted molar refractivity (Wildman–Crippen MR) is 298 cm³/mol. The monoisotopic (exact) mass is 904 g/mol. The topological polar surface area (TPSA) is 6.48 Å². The van der Waals surface area contributed by atoms with E-state index in [4.69, 9.17) is 6.58 Å². The Morgan fingerprint density at radius 3 is 1.30 bits per heavy atom. The van der Waals surface area contributed by atoms with Crippen molar-refractivity contribution in [2.24, 2.45) is 0 Å². The highest BCUT2D eigenvalue weighted by Gasteiger charge is 2.39. The van der Waals surface area contributed by atoms with Crippen molar-refractivity contribution in [3.8, 4) is 44.5 Å². The molecule has 71 heavy (non-hydrogen) atoms. The average Bonchev–Trinajstić information content (AvgIpc) is 3.85. The molecule has 0 radical (unpaired) electrons. The summed E-state index contributed by atoms with van der Waals surface area (Å²) in [4.78, 5) is 5.00. The van der Waals surface area contributed by atoms with Gasteiger partial charge in [-0.15, -0.1) is 0 Å². The first kappa shape index (κ1) is 40.2. The zero-order valence-corrected chi connectivity index (χ0v) is 39.8. The van der Waals surface area contributed by atoms with Gasteiger partial charge in [-0.25, -0.2) is 0 Å². The van der Waals surface area contributed by atoms with Crippen LogP contribution in [0.15, 0.2) is 225 Å². The van der Waals surface area contributed by atoms with Crippen LogP contribution >= 0.6 is 0 Å². The molecule has 334 valence electrons. The number of anilines is 6. The summed E-state index contributed by atoms with van der Waals surface area (Å²) >= 11 is 0. The first-order chi connectivity index (χ1) is 34.9. The maximum atomic E-state index is 4.87. The number of fused-ring (bicyclic) bond motifs is 12. The van der Waals surface area contributed by atoms with Gasteiger partial charge in [0.1, 0.15) is 0 Å². The number of rotatable bonds is 4. The van der Waals surface area contributed by atoms with Gasteiger partial charge < -0.3 is 9.80 Å². The lowest BCUT2D eigenvalue weighted by Crippen LogP contribution is -2.18. The first-order valence-electron chi connectivity index (χ1n) is 25.0. The van der Waals surface area contributed by atoms with Gasteiger partial charge in [0, 0.05) is 52.4 Å². The molecule has 15 rings (SSSR count). The molecule has 0 fully saturated rings. The summed E-state index contributed by atoms with van der Waals surface area (Å²) in [7, 11) is 0. The van der Waals surface area contributed by atoms with E-state index in [2.05, 4.69) is 242 Å². The molecule has 2 aliphatic carbocycles. The van der Waals surface area contributed by atoms with Crippen LogP contribution in [0.4, 0.5) is 34.1 Å². The fourth-order valence-corrected chi connectivity index (χ4v) is 13.3. The molecule has 0 aromatic heterocycles. The van der Waals surface area contributed by atoms with E-state index in [-0.39, 0.29) is 5.41 Å². The summed E-state index contributed by atoms with van der Waals surface area (Å²) in [5, 5.41) is 4.89. The molecular weight excluding hydrogens is 857 g/mol. The number of nitrogens with zero attached hydrogens (tertiary/aromatic N) is 2. The molecule has 2 nitrogen and oxygen atoms in total. The summed E-state index contributed by atoms with van der Waals surface area (Å²) in [5.74, 6) is 0. The molecule has 0 N–H and O–H groups in total. The Kier molecular flexibility index (Phi) is 8.43. The SMILES string of the molecule is C=C1c2ccccc2-c2cccc(-c3c4cc(N5c6ccccc6Cc6ccccc65)ccc4c(-c4cccc5c4C(C)(C)c4ccccc4-5)c4cc(N5c6ccccc6Cc6ccccc65)ccc34)c21. The van der Waals surface area contributed by atoms with Crippen LogP contribution < -0.4 is 9.80 Å². The summed E-state index contributed by atoms with van der Waals surface area (Å²) in [6.07, 6.45) is 1.81. The second-order valence-corrected chi connectivity index (χ2v) is 20.4. The first-order valence-corrected chi connectivity index (χ1v) is 25.0. The average molecular weight is 905 g/mol. The van der Waals surface area contributed by atoms with E-state index in [1.54, 1.807) is 0 Å². The van der Waals surface area contributed by atoms with E-state index in [0.29, 0.717) is 0 Å². The summed E-state index contributed by atoms with van der Waals surface area (Å²) in [6.45, 7) is 9.71. The van der Waals surface area contributed by atoms with Crippen molar-refractivity contribution in [2.45, 2.75) is 32.1 Å². The molecule has 0 amide bonds. The van der Waals surface area contributed by atoms with Crippen LogP contribution in [0.2, 0.25) is 0 Å². The number of para-hydroxylation sites is 4. The van der Waals surface area contributed by atoms with Crippen molar-refractivity contribution in [3.63, 3.8) is 0 Å². The third kappa shape index (κ3) is 5.65. The Bertz CT molecular complexity index is 4040. The van der Waals surface area contributed by atoms with E-state index in [9.17, 15) is 0 Å². The Balaban J connectivity index is 1.10. The zero-order chi connectivity index (χ0) is 47.1. The van der Waals surface area contributed by atoms with E-state index < -0.39 is 0 Å². The standard InChI is InChI=1S/C69H48N2/c1-42-49-22-8-9-23-50(49)52-25-16-27-56(65(42)52)66-53-36-34-48(71-63-32-14-6-20-45(63)39-46-21-7-15-33-64(46)71)41-59(53)67(57-28-17-26-55-51-24-10-11-29-60(51)69(2,3)68(55)57)54-37-35-47(40-58(54)66)70-61-30-12-4-18-43(61)38-44-19-5-13-31-62(44)70/h4-37,40-41H,1,38-39H2,2-3H3. The van der Waals surface area contributed by atoms with Crippen molar-refractivity contribution >= 4 is 61.2 Å². The number of hydrogen-bond acceptors (Lipinski definition) is 2. The minimum atomic E-state index is -0.243. The van der Waals surface area contributed by atoms with Crippen molar-refractivity contribution < 1.29 is 0 Å². The van der Waals surface area contributed by atoms with Crippen LogP contribution in [0, 0.1) is 0 Å². The fraction of sp³-hybridized carbons (Fsp3) is 0.0725. The quantitative estimate of drug-likeness (QED) is 0.162. The minimum Gasteiger partial charge on any atom is -0.310 e. The van der Waals surface area contributed by atoms with Gasteiger partial charge in [0.15, 0.2) is 0 Å². The third-order valence-corrected chi connectivity index (χ3v) is 16.3. The van der Waals surface area contributed by atoms with Gasteiger partial charge in [-0.1, -0.05) is 190 Å². The van der Waals surface area contributed by atoms with Crippen LogP contribution in [0.25, 0.3) is 71.6 Å². The lowest BCUT2D eigenvalue weighted by Gasteiger charge is -2.34. The molecule has 0 saturated carbocycles. The van der Waals surface area contributed by atoms with E-state index in [1.807, 2.05) is 0 Å². The van der Waals surface area contributed by atoms with E-state index in [0.717, 1.165) is 29.8 Å². The highest BCUT2D eigenvalue weighted by atomic mass is 15.2. The molecule has 0 atom stereocenters. The van der Waals surface area contributed by atoms with E-state index in [1.165, 1.54) is 133 Å². The molecule has 4 aliphatic rings. The molecule has 0 bridgehead atoms. The van der Waals surface area contributed by atoms with E-state index >= 15 is 0 Å². The second kappa shape index (κ2) is 14.9. The highest BCUT2D eigenvalue weighted by Crippen LogP contribution is 2.58. The van der Waals surface area contributed by atoms with Crippen LogP contribution in [0.5, 0.6) is 0 Å². The minimum absolute atomic E-state index is 0.243. The third-order valence-electron chi connectivity index (χ3n) is 16.3. The maximum Gasteiger partial charge on any atom is 0.0497 e. The summed E-state index contributed by atoms with van der Waals surface area (Å²) < 4.78 is 0. The molecule has 2 aliphatic heterocycles. The maximum absolute atomic E-state index is 4.87.